The van der Waals surface area contributed by atoms with Crippen molar-refractivity contribution in [1.29, 1.82) is 0 Å². The minimum Gasteiger partial charge on any atom is -0.377 e. The van der Waals surface area contributed by atoms with E-state index in [1.54, 1.807) is 6.07 Å². The highest BCUT2D eigenvalue weighted by molar-refractivity contribution is 5.60. The molecule has 0 amide bonds. The maximum atomic E-state index is 14.0. The smallest absolute Gasteiger partial charge is 0.168 e. The molecule has 31 heavy (non-hydrogen) atoms. The van der Waals surface area contributed by atoms with Crippen LogP contribution in [-0.2, 0) is 4.74 Å². The molecule has 0 bridgehead atoms. The molecule has 2 saturated heterocycles. The van der Waals surface area contributed by atoms with Gasteiger partial charge in [-0.1, -0.05) is 0 Å². The van der Waals surface area contributed by atoms with Gasteiger partial charge in [0.2, 0.25) is 0 Å². The Hall–Kier alpha value is -2.19. The summed E-state index contributed by atoms with van der Waals surface area (Å²) in [6.07, 6.45) is 6.20. The van der Waals surface area contributed by atoms with Crippen LogP contribution in [0.1, 0.15) is 32.1 Å². The molecule has 0 unspecified atom stereocenters. The zero-order valence-electron chi connectivity index (χ0n) is 17.4. The molecule has 1 aromatic heterocycles. The molecule has 0 spiro atoms. The van der Waals surface area contributed by atoms with Crippen molar-refractivity contribution < 1.29 is 17.9 Å². The number of fused-ring (bicyclic) bond motifs is 1. The van der Waals surface area contributed by atoms with E-state index in [2.05, 4.69) is 20.4 Å². The summed E-state index contributed by atoms with van der Waals surface area (Å²) in [4.78, 5) is 2.56. The van der Waals surface area contributed by atoms with E-state index >= 15 is 0 Å². The van der Waals surface area contributed by atoms with Crippen molar-refractivity contribution in [2.24, 2.45) is 11.8 Å². The van der Waals surface area contributed by atoms with Crippen molar-refractivity contribution in [2.75, 3.05) is 31.6 Å². The SMILES string of the molecule is Fc1cc(F)c(F)c(-c2ccc(N[C@H]3C[C@@H]4CN(C[C@@H]5CCCCO5)C[C@@H]4C3)nn2)c1. The highest BCUT2D eigenvalue weighted by Gasteiger charge is 2.41. The summed E-state index contributed by atoms with van der Waals surface area (Å²) in [7, 11) is 0. The molecule has 3 fully saturated rings. The van der Waals surface area contributed by atoms with E-state index in [1.165, 1.54) is 25.3 Å². The van der Waals surface area contributed by atoms with Gasteiger partial charge in [-0.2, -0.15) is 0 Å². The molecule has 4 atom stereocenters. The lowest BCUT2D eigenvalue weighted by Gasteiger charge is -2.28. The molecule has 8 heteroatoms. The predicted molar refractivity (Wildman–Crippen MR) is 111 cm³/mol. The Morgan fingerprint density at radius 1 is 1.03 bits per heavy atom. The van der Waals surface area contributed by atoms with Gasteiger partial charge in [0.1, 0.15) is 11.6 Å². The van der Waals surface area contributed by atoms with E-state index in [9.17, 15) is 13.2 Å². The van der Waals surface area contributed by atoms with Gasteiger partial charge in [0, 0.05) is 43.9 Å². The molecule has 1 aliphatic carbocycles. The molecule has 5 rings (SSSR count). The van der Waals surface area contributed by atoms with Gasteiger partial charge in [-0.15, -0.1) is 10.2 Å². The Kier molecular flexibility index (Phi) is 5.84. The van der Waals surface area contributed by atoms with Gasteiger partial charge >= 0.3 is 0 Å². The Balaban J connectivity index is 1.16. The van der Waals surface area contributed by atoms with Gasteiger partial charge in [0.05, 0.1) is 11.8 Å². The van der Waals surface area contributed by atoms with Gasteiger partial charge in [-0.05, 0) is 62.1 Å². The third-order valence-electron chi connectivity index (χ3n) is 6.85. The van der Waals surface area contributed by atoms with E-state index < -0.39 is 17.5 Å². The number of ether oxygens (including phenoxy) is 1. The summed E-state index contributed by atoms with van der Waals surface area (Å²) >= 11 is 0. The first-order chi connectivity index (χ1) is 15.0. The van der Waals surface area contributed by atoms with Gasteiger partial charge in [-0.25, -0.2) is 13.2 Å². The number of hydrogen-bond acceptors (Lipinski definition) is 5. The fourth-order valence-electron chi connectivity index (χ4n) is 5.41. The van der Waals surface area contributed by atoms with Crippen LogP contribution < -0.4 is 5.32 Å². The molecule has 2 aromatic rings. The van der Waals surface area contributed by atoms with Crippen LogP contribution in [-0.4, -0.2) is 53.5 Å². The summed E-state index contributed by atoms with van der Waals surface area (Å²) in [6.45, 7) is 4.20. The Morgan fingerprint density at radius 2 is 1.84 bits per heavy atom. The molecule has 166 valence electrons. The lowest BCUT2D eigenvalue weighted by Crippen LogP contribution is -2.35. The second-order valence-electron chi connectivity index (χ2n) is 9.09. The van der Waals surface area contributed by atoms with Crippen molar-refractivity contribution >= 4 is 5.82 Å². The van der Waals surface area contributed by atoms with Gasteiger partial charge < -0.3 is 15.0 Å². The zero-order chi connectivity index (χ0) is 21.4. The summed E-state index contributed by atoms with van der Waals surface area (Å²) < 4.78 is 46.8. The van der Waals surface area contributed by atoms with Crippen LogP contribution in [0.2, 0.25) is 0 Å². The highest BCUT2D eigenvalue weighted by Crippen LogP contribution is 2.39. The summed E-state index contributed by atoms with van der Waals surface area (Å²) in [5, 5.41) is 11.5. The molecule has 1 aromatic carbocycles. The average Bonchev–Trinajstić information content (AvgIpc) is 3.30. The minimum absolute atomic E-state index is 0.102. The fraction of sp³-hybridized carbons (Fsp3) is 0.565. The lowest BCUT2D eigenvalue weighted by atomic mass is 10.0. The predicted octanol–water partition coefficient (Wildman–Crippen LogP) is 4.25. The van der Waals surface area contributed by atoms with Crippen molar-refractivity contribution in [3.05, 3.63) is 41.7 Å². The number of anilines is 1. The average molecular weight is 432 g/mol. The summed E-state index contributed by atoms with van der Waals surface area (Å²) in [6, 6.07) is 4.99. The highest BCUT2D eigenvalue weighted by atomic mass is 19.2. The van der Waals surface area contributed by atoms with Crippen molar-refractivity contribution in [3.63, 3.8) is 0 Å². The number of aromatic nitrogens is 2. The zero-order valence-corrected chi connectivity index (χ0v) is 17.4. The molecule has 1 saturated carbocycles. The van der Waals surface area contributed by atoms with Crippen LogP contribution in [0.25, 0.3) is 11.3 Å². The maximum absolute atomic E-state index is 14.0. The van der Waals surface area contributed by atoms with Crippen LogP contribution in [0, 0.1) is 29.3 Å². The monoisotopic (exact) mass is 432 g/mol. The van der Waals surface area contributed by atoms with E-state index in [1.807, 2.05) is 0 Å². The second-order valence-corrected chi connectivity index (χ2v) is 9.09. The van der Waals surface area contributed by atoms with Crippen LogP contribution in [0.15, 0.2) is 24.3 Å². The number of benzene rings is 1. The Bertz CT molecular complexity index is 906. The number of nitrogens with one attached hydrogen (secondary N) is 1. The molecule has 1 N–H and O–H groups in total. The molecule has 3 aliphatic rings. The van der Waals surface area contributed by atoms with Crippen LogP contribution in [0.5, 0.6) is 0 Å². The first-order valence-corrected chi connectivity index (χ1v) is 11.1. The van der Waals surface area contributed by atoms with Gasteiger partial charge in [0.15, 0.2) is 11.6 Å². The molecular weight excluding hydrogens is 405 g/mol. The molecule has 2 aliphatic heterocycles. The summed E-state index contributed by atoms with van der Waals surface area (Å²) in [5.74, 6) is -1.25. The number of halogens is 3. The van der Waals surface area contributed by atoms with E-state index in [0.29, 0.717) is 35.9 Å². The van der Waals surface area contributed by atoms with Crippen LogP contribution in [0.4, 0.5) is 19.0 Å². The maximum Gasteiger partial charge on any atom is 0.168 e. The number of nitrogens with zero attached hydrogens (tertiary/aromatic N) is 3. The quantitative estimate of drug-likeness (QED) is 0.716. The Labute approximate surface area is 180 Å². The first-order valence-electron chi connectivity index (χ1n) is 11.1. The van der Waals surface area contributed by atoms with Gasteiger partial charge in [-0.3, -0.25) is 0 Å². The third kappa shape index (κ3) is 4.55. The lowest BCUT2D eigenvalue weighted by molar-refractivity contribution is -0.00303. The van der Waals surface area contributed by atoms with E-state index in [-0.39, 0.29) is 11.3 Å². The first kappa shape index (κ1) is 20.7. The minimum atomic E-state index is -1.24. The second kappa shape index (κ2) is 8.74. The van der Waals surface area contributed by atoms with Crippen molar-refractivity contribution in [2.45, 2.75) is 44.2 Å². The number of hydrogen-bond donors (Lipinski definition) is 1. The van der Waals surface area contributed by atoms with E-state index in [0.717, 1.165) is 45.1 Å². The molecular formula is C23H27F3N4O. The molecule has 0 radical (unpaired) electrons. The third-order valence-corrected chi connectivity index (χ3v) is 6.85. The molecule has 5 nitrogen and oxygen atoms in total. The van der Waals surface area contributed by atoms with Crippen molar-refractivity contribution in [1.82, 2.24) is 15.1 Å². The Morgan fingerprint density at radius 3 is 2.52 bits per heavy atom. The van der Waals surface area contributed by atoms with Crippen LogP contribution >= 0.6 is 0 Å². The normalized spacial score (nSPS) is 28.6. The topological polar surface area (TPSA) is 50.3 Å². The number of rotatable bonds is 5. The van der Waals surface area contributed by atoms with Crippen LogP contribution in [0.3, 0.4) is 0 Å². The number of likely N-dealkylation sites (tertiary alicyclic amines) is 1. The fourth-order valence-corrected chi connectivity index (χ4v) is 5.41. The van der Waals surface area contributed by atoms with Gasteiger partial charge in [0.25, 0.3) is 0 Å². The molecule has 3 heterocycles. The largest absolute Gasteiger partial charge is 0.377 e. The summed E-state index contributed by atoms with van der Waals surface area (Å²) in [5.41, 5.74) is -0.126. The standard InChI is InChI=1S/C23H27F3N4O/c24-16-9-19(23(26)20(25)10-16)21-4-5-22(29-28-21)27-17-7-14-11-30(12-15(14)8-17)13-18-3-1-2-6-31-18/h4-5,9-10,14-15,17-18H,1-3,6-8,11-13H2,(H,27,29)/t14-,15+,17+,18-/m0/s1. The van der Waals surface area contributed by atoms with Crippen molar-refractivity contribution in [3.8, 4) is 11.3 Å². The van der Waals surface area contributed by atoms with E-state index in [4.69, 9.17) is 4.74 Å².